The molecule has 0 radical (unpaired) electrons. The van der Waals surface area contributed by atoms with E-state index in [1.165, 1.54) is 22.7 Å². The van der Waals surface area contributed by atoms with E-state index in [1.54, 1.807) is 19.4 Å². The highest BCUT2D eigenvalue weighted by atomic mass is 32.2. The summed E-state index contributed by atoms with van der Waals surface area (Å²) in [5.74, 6) is -1.72. The molecule has 1 aromatic heterocycles. The molecule has 0 saturated carbocycles. The van der Waals surface area contributed by atoms with Gasteiger partial charge in [-0.05, 0) is 6.07 Å². The molecule has 15 heteroatoms. The second kappa shape index (κ2) is 11.4. The first-order valence-corrected chi connectivity index (χ1v) is 9.93. The van der Waals surface area contributed by atoms with Crippen LogP contribution in [-0.4, -0.2) is 98.4 Å². The van der Waals surface area contributed by atoms with Gasteiger partial charge in [-0.1, -0.05) is 0 Å². The molecule has 1 aliphatic heterocycles. The molecule has 2 N–H and O–H groups in total. The number of aromatic nitrogens is 2. The third-order valence-electron chi connectivity index (χ3n) is 3.66. The zero-order valence-corrected chi connectivity index (χ0v) is 17.4. The number of hydrogen-bond acceptors (Lipinski definition) is 8. The van der Waals surface area contributed by atoms with Crippen LogP contribution < -0.4 is 5.32 Å². The van der Waals surface area contributed by atoms with Gasteiger partial charge in [-0.25, -0.2) is 14.8 Å². The van der Waals surface area contributed by atoms with Crippen LogP contribution in [0.5, 0.6) is 0 Å². The highest BCUT2D eigenvalue weighted by molar-refractivity contribution is 7.86. The number of halogens is 3. The van der Waals surface area contributed by atoms with Crippen LogP contribution in [0.1, 0.15) is 11.9 Å². The fourth-order valence-corrected chi connectivity index (χ4v) is 3.39. The molecule has 11 nitrogen and oxygen atoms in total. The molecule has 0 aliphatic carbocycles. The Balaban J connectivity index is 0.000000553. The number of alkyl halides is 3. The molecule has 2 heterocycles. The van der Waals surface area contributed by atoms with E-state index in [1.807, 2.05) is 0 Å². The Morgan fingerprint density at radius 2 is 2.10 bits per heavy atom. The number of carboxylic acids is 1. The van der Waals surface area contributed by atoms with E-state index in [9.17, 15) is 21.6 Å². The van der Waals surface area contributed by atoms with Crippen molar-refractivity contribution in [3.05, 3.63) is 18.1 Å². The van der Waals surface area contributed by atoms with Crippen LogP contribution in [0.25, 0.3) is 0 Å². The summed E-state index contributed by atoms with van der Waals surface area (Å²) in [4.78, 5) is 17.5. The summed E-state index contributed by atoms with van der Waals surface area (Å²) in [5, 5.41) is 10.2. The first-order chi connectivity index (χ1) is 13.9. The van der Waals surface area contributed by atoms with Gasteiger partial charge in [0.1, 0.15) is 11.9 Å². The van der Waals surface area contributed by atoms with Gasteiger partial charge in [0.05, 0.1) is 19.8 Å². The zero-order valence-electron chi connectivity index (χ0n) is 16.6. The monoisotopic (exact) mass is 459 g/mol. The number of anilines is 1. The number of morpholine rings is 1. The van der Waals surface area contributed by atoms with Crippen LogP contribution in [0.15, 0.2) is 12.3 Å². The predicted octanol–water partition coefficient (Wildman–Crippen LogP) is 0.348. The molecule has 1 aromatic rings. The zero-order chi connectivity index (χ0) is 22.9. The molecule has 0 spiro atoms. The Labute approximate surface area is 172 Å². The first kappa shape index (κ1) is 26.0. The second-order valence-corrected chi connectivity index (χ2v) is 8.11. The van der Waals surface area contributed by atoms with Crippen molar-refractivity contribution >= 4 is 22.0 Å². The van der Waals surface area contributed by atoms with Crippen LogP contribution in [-0.2, 0) is 24.5 Å². The summed E-state index contributed by atoms with van der Waals surface area (Å²) in [7, 11) is 1.07. The van der Waals surface area contributed by atoms with Crippen LogP contribution in [0, 0.1) is 0 Å². The lowest BCUT2D eigenvalue weighted by Crippen LogP contribution is -2.48. The van der Waals surface area contributed by atoms with E-state index in [4.69, 9.17) is 19.4 Å². The van der Waals surface area contributed by atoms with Crippen molar-refractivity contribution in [2.75, 3.05) is 59.4 Å². The number of ether oxygens (including phenoxy) is 2. The minimum Gasteiger partial charge on any atom is -0.475 e. The second-order valence-electron chi connectivity index (χ2n) is 6.01. The summed E-state index contributed by atoms with van der Waals surface area (Å²) >= 11 is 0. The molecule has 0 bridgehead atoms. The number of hydrogen-bond donors (Lipinski definition) is 2. The number of nitrogens with zero attached hydrogens (tertiary/aromatic N) is 4. The lowest BCUT2D eigenvalue weighted by molar-refractivity contribution is -0.192. The van der Waals surface area contributed by atoms with Crippen molar-refractivity contribution in [2.45, 2.75) is 12.2 Å². The van der Waals surface area contributed by atoms with Gasteiger partial charge in [0, 0.05) is 40.5 Å². The van der Waals surface area contributed by atoms with Crippen molar-refractivity contribution in [1.82, 2.24) is 18.6 Å². The number of methoxy groups -OCH3 is 1. The summed E-state index contributed by atoms with van der Waals surface area (Å²) in [6, 6.07) is 1.19. The van der Waals surface area contributed by atoms with Gasteiger partial charge in [-0.3, -0.25) is 0 Å². The van der Waals surface area contributed by atoms with E-state index in [0.717, 1.165) is 0 Å². The third kappa shape index (κ3) is 7.64. The van der Waals surface area contributed by atoms with E-state index < -0.39 is 28.4 Å². The molecular weight excluding hydrogens is 435 g/mol. The van der Waals surface area contributed by atoms with E-state index in [0.29, 0.717) is 31.4 Å². The van der Waals surface area contributed by atoms with Crippen molar-refractivity contribution in [3.8, 4) is 0 Å². The fraction of sp³-hybridized carbons (Fsp3) is 0.667. The minimum atomic E-state index is -5.08. The molecule has 0 amide bonds. The largest absolute Gasteiger partial charge is 0.490 e. The van der Waals surface area contributed by atoms with Crippen molar-refractivity contribution in [3.63, 3.8) is 0 Å². The van der Waals surface area contributed by atoms with Crippen molar-refractivity contribution in [1.29, 1.82) is 0 Å². The Morgan fingerprint density at radius 1 is 1.47 bits per heavy atom. The van der Waals surface area contributed by atoms with E-state index in [2.05, 4.69) is 15.3 Å². The lowest BCUT2D eigenvalue weighted by Gasteiger charge is -2.35. The van der Waals surface area contributed by atoms with Crippen molar-refractivity contribution in [2.24, 2.45) is 0 Å². The fourth-order valence-electron chi connectivity index (χ4n) is 2.19. The summed E-state index contributed by atoms with van der Waals surface area (Å²) < 4.78 is 69.7. The molecular formula is C15H24F3N5O6S. The summed E-state index contributed by atoms with van der Waals surface area (Å²) in [6.07, 6.45) is -3.48. The molecule has 30 heavy (non-hydrogen) atoms. The Hall–Kier alpha value is -2.07. The number of carboxylic acid groups (broad SMARTS) is 1. The topological polar surface area (TPSA) is 134 Å². The molecule has 1 fully saturated rings. The molecule has 1 saturated heterocycles. The van der Waals surface area contributed by atoms with E-state index in [-0.39, 0.29) is 13.2 Å². The van der Waals surface area contributed by atoms with Gasteiger partial charge < -0.3 is 19.9 Å². The van der Waals surface area contributed by atoms with Crippen LogP contribution in [0.3, 0.4) is 0 Å². The minimum absolute atomic E-state index is 0.231. The molecule has 172 valence electrons. The number of nitrogens with one attached hydrogen (secondary N) is 1. The van der Waals surface area contributed by atoms with Crippen LogP contribution >= 0.6 is 0 Å². The van der Waals surface area contributed by atoms with Crippen LogP contribution in [0.2, 0.25) is 0 Å². The van der Waals surface area contributed by atoms with Gasteiger partial charge in [-0.2, -0.15) is 30.2 Å². The Kier molecular flexibility index (Phi) is 9.83. The number of rotatable bonds is 7. The molecule has 1 unspecified atom stereocenters. The maximum absolute atomic E-state index is 12.5. The first-order valence-electron chi connectivity index (χ1n) is 8.54. The van der Waals surface area contributed by atoms with Gasteiger partial charge in [0.25, 0.3) is 10.2 Å². The van der Waals surface area contributed by atoms with Gasteiger partial charge in [0.15, 0.2) is 5.82 Å². The molecule has 1 aliphatic rings. The number of carbonyl (C=O) groups is 1. The number of aliphatic carboxylic acids is 1. The maximum Gasteiger partial charge on any atom is 0.490 e. The quantitative estimate of drug-likeness (QED) is 0.554. The standard InChI is InChI=1S/C13H23N5O4S.C2HF3O2/c1-17(2)23(19,20)18-7-9-22-10-11(18)13-15-5-4-12(16-13)14-6-8-21-3;3-2(4,5)1(6)7/h4-5,11H,6-10H2,1-3H3,(H,14,15,16);(H,6,7). The van der Waals surface area contributed by atoms with Crippen LogP contribution in [0.4, 0.5) is 19.0 Å². The van der Waals surface area contributed by atoms with Gasteiger partial charge >= 0.3 is 12.1 Å². The molecule has 2 rings (SSSR count). The highest BCUT2D eigenvalue weighted by Gasteiger charge is 2.38. The van der Waals surface area contributed by atoms with Gasteiger partial charge in [0.2, 0.25) is 0 Å². The van der Waals surface area contributed by atoms with E-state index >= 15 is 0 Å². The maximum atomic E-state index is 12.5. The average molecular weight is 459 g/mol. The third-order valence-corrected chi connectivity index (χ3v) is 5.62. The summed E-state index contributed by atoms with van der Waals surface area (Å²) in [5.41, 5.74) is 0. The summed E-state index contributed by atoms with van der Waals surface area (Å²) in [6.45, 7) is 2.01. The molecule has 1 atom stereocenters. The van der Waals surface area contributed by atoms with Gasteiger partial charge in [-0.15, -0.1) is 0 Å². The predicted molar refractivity (Wildman–Crippen MR) is 99.0 cm³/mol. The SMILES string of the molecule is COCCNc1ccnc(C2COCCN2S(=O)(=O)N(C)C)n1.O=C(O)C(F)(F)F. The molecule has 0 aromatic carbocycles. The Morgan fingerprint density at radius 3 is 2.63 bits per heavy atom. The highest BCUT2D eigenvalue weighted by Crippen LogP contribution is 2.26. The smallest absolute Gasteiger partial charge is 0.475 e. The van der Waals surface area contributed by atoms with Crippen molar-refractivity contribution < 1.29 is 41.0 Å². The lowest BCUT2D eigenvalue weighted by atomic mass is 10.2. The normalized spacial score (nSPS) is 17.9. The average Bonchev–Trinajstić information content (AvgIpc) is 2.68. The Bertz CT molecular complexity index is 793.